The minimum Gasteiger partial charge on any atom is -0.376 e. The Morgan fingerprint density at radius 3 is 2.46 bits per heavy atom. The molecule has 1 aromatic rings. The molecule has 1 aliphatic heterocycles. The van der Waals surface area contributed by atoms with E-state index in [1.165, 1.54) is 4.31 Å². The van der Waals surface area contributed by atoms with Gasteiger partial charge in [-0.25, -0.2) is 8.42 Å². The molecule has 7 heteroatoms. The van der Waals surface area contributed by atoms with Crippen LogP contribution in [0, 0.1) is 13.8 Å². The van der Waals surface area contributed by atoms with Crippen molar-refractivity contribution in [2.75, 3.05) is 23.7 Å². The second kappa shape index (κ2) is 7.53. The predicted octanol–water partition coefficient (Wildman–Crippen LogP) is 1.75. The van der Waals surface area contributed by atoms with Crippen molar-refractivity contribution >= 4 is 21.6 Å². The lowest BCUT2D eigenvalue weighted by Crippen LogP contribution is -2.49. The average molecular weight is 354 g/mol. The zero-order chi connectivity index (χ0) is 17.9. The molecule has 1 saturated heterocycles. The fourth-order valence-electron chi connectivity index (χ4n) is 3.05. The van der Waals surface area contributed by atoms with Crippen LogP contribution >= 0.6 is 0 Å². The van der Waals surface area contributed by atoms with E-state index in [-0.39, 0.29) is 12.0 Å². The smallest absolute Gasteiger partial charge is 0.243 e. The van der Waals surface area contributed by atoms with E-state index in [1.54, 1.807) is 19.1 Å². The summed E-state index contributed by atoms with van der Waals surface area (Å²) in [4.78, 5) is 12.5. The number of ether oxygens (including phenoxy) is 1. The van der Waals surface area contributed by atoms with Crippen LogP contribution in [-0.2, 0) is 19.6 Å². The van der Waals surface area contributed by atoms with Crippen molar-refractivity contribution in [3.8, 4) is 0 Å². The largest absolute Gasteiger partial charge is 0.376 e. The Hall–Kier alpha value is -1.60. The third-order valence-electron chi connectivity index (χ3n) is 4.08. The van der Waals surface area contributed by atoms with E-state index in [1.807, 2.05) is 19.9 Å². The lowest BCUT2D eigenvalue weighted by atomic mass is 10.1. The number of benzene rings is 1. The van der Waals surface area contributed by atoms with E-state index >= 15 is 0 Å². The lowest BCUT2D eigenvalue weighted by molar-refractivity contribution is -0.122. The van der Waals surface area contributed by atoms with Crippen LogP contribution in [0.3, 0.4) is 0 Å². The second-order valence-corrected chi connectivity index (χ2v) is 8.32. The van der Waals surface area contributed by atoms with Gasteiger partial charge >= 0.3 is 0 Å². The van der Waals surface area contributed by atoms with Gasteiger partial charge < -0.3 is 10.1 Å². The van der Waals surface area contributed by atoms with Gasteiger partial charge in [-0.15, -0.1) is 0 Å². The van der Waals surface area contributed by atoms with Crippen LogP contribution in [0.1, 0.15) is 30.9 Å². The van der Waals surface area contributed by atoms with Crippen molar-refractivity contribution < 1.29 is 17.9 Å². The summed E-state index contributed by atoms with van der Waals surface area (Å²) in [7, 11) is -3.59. The summed E-state index contributed by atoms with van der Waals surface area (Å²) in [6.45, 7) is 6.53. The number of hydrogen-bond donors (Lipinski definition) is 1. The molecular formula is C17H26N2O4S. The first kappa shape index (κ1) is 18.7. The van der Waals surface area contributed by atoms with Gasteiger partial charge in [-0.3, -0.25) is 9.10 Å². The standard InChI is InChI=1S/C17H26N2O4S/c1-12-8-13(2)10-15(9-12)19(24(4,21)22)14(3)17(20)18-11-16-6-5-7-23-16/h8-10,14,16H,5-7,11H2,1-4H3,(H,18,20). The van der Waals surface area contributed by atoms with Gasteiger partial charge in [0.05, 0.1) is 18.0 Å². The van der Waals surface area contributed by atoms with Crippen LogP contribution < -0.4 is 9.62 Å². The Bertz CT molecular complexity index is 676. The minimum atomic E-state index is -3.59. The fraction of sp³-hybridized carbons (Fsp3) is 0.588. The number of hydrogen-bond acceptors (Lipinski definition) is 4. The normalized spacial score (nSPS) is 19.1. The molecule has 2 unspecified atom stereocenters. The van der Waals surface area contributed by atoms with E-state index in [2.05, 4.69) is 5.32 Å². The number of amides is 1. The number of nitrogens with zero attached hydrogens (tertiary/aromatic N) is 1. The maximum Gasteiger partial charge on any atom is 0.243 e. The molecule has 1 amide bonds. The average Bonchev–Trinajstić information content (AvgIpc) is 2.95. The number of carbonyl (C=O) groups is 1. The highest BCUT2D eigenvalue weighted by Gasteiger charge is 2.30. The van der Waals surface area contributed by atoms with Crippen LogP contribution in [0.5, 0.6) is 0 Å². The molecule has 0 aromatic heterocycles. The third-order valence-corrected chi connectivity index (χ3v) is 5.32. The van der Waals surface area contributed by atoms with Crippen molar-refractivity contribution in [2.24, 2.45) is 0 Å². The summed E-state index contributed by atoms with van der Waals surface area (Å²) < 4.78 is 31.2. The first-order valence-electron chi connectivity index (χ1n) is 8.15. The molecule has 0 saturated carbocycles. The highest BCUT2D eigenvalue weighted by Crippen LogP contribution is 2.24. The van der Waals surface area contributed by atoms with Crippen LogP contribution in [0.15, 0.2) is 18.2 Å². The summed E-state index contributed by atoms with van der Waals surface area (Å²) >= 11 is 0. The summed E-state index contributed by atoms with van der Waals surface area (Å²) in [5, 5.41) is 2.81. The first-order chi connectivity index (χ1) is 11.2. The molecule has 1 fully saturated rings. The Morgan fingerprint density at radius 2 is 1.96 bits per heavy atom. The third kappa shape index (κ3) is 4.70. The van der Waals surface area contributed by atoms with Crippen LogP contribution in [0.2, 0.25) is 0 Å². The van der Waals surface area contributed by atoms with Crippen molar-refractivity contribution in [1.29, 1.82) is 0 Å². The summed E-state index contributed by atoms with van der Waals surface area (Å²) in [5.74, 6) is -0.324. The molecule has 2 atom stereocenters. The van der Waals surface area contributed by atoms with Gasteiger partial charge in [0, 0.05) is 13.2 Å². The van der Waals surface area contributed by atoms with E-state index in [0.29, 0.717) is 18.8 Å². The lowest BCUT2D eigenvalue weighted by Gasteiger charge is -2.29. The van der Waals surface area contributed by atoms with Gasteiger partial charge in [0.2, 0.25) is 15.9 Å². The summed E-state index contributed by atoms with van der Waals surface area (Å²) in [6, 6.07) is 4.68. The molecule has 0 bridgehead atoms. The maximum atomic E-state index is 12.5. The molecule has 0 spiro atoms. The van der Waals surface area contributed by atoms with E-state index in [0.717, 1.165) is 30.2 Å². The van der Waals surface area contributed by atoms with Crippen molar-refractivity contribution in [3.05, 3.63) is 29.3 Å². The van der Waals surface area contributed by atoms with Crippen LogP contribution in [0.25, 0.3) is 0 Å². The van der Waals surface area contributed by atoms with Crippen molar-refractivity contribution in [1.82, 2.24) is 5.32 Å². The van der Waals surface area contributed by atoms with Gasteiger partial charge in [0.15, 0.2) is 0 Å². The molecule has 1 aliphatic rings. The molecule has 0 radical (unpaired) electrons. The Balaban J connectivity index is 2.18. The molecule has 6 nitrogen and oxygen atoms in total. The second-order valence-electron chi connectivity index (χ2n) is 6.46. The van der Waals surface area contributed by atoms with E-state index < -0.39 is 16.1 Å². The molecule has 0 aliphatic carbocycles. The van der Waals surface area contributed by atoms with Crippen LogP contribution in [-0.4, -0.2) is 45.9 Å². The number of rotatable bonds is 6. The van der Waals surface area contributed by atoms with E-state index in [4.69, 9.17) is 4.74 Å². The maximum absolute atomic E-state index is 12.5. The van der Waals surface area contributed by atoms with Gasteiger partial charge in [-0.1, -0.05) is 6.07 Å². The number of anilines is 1. The topological polar surface area (TPSA) is 75.7 Å². The predicted molar refractivity (Wildman–Crippen MR) is 94.7 cm³/mol. The quantitative estimate of drug-likeness (QED) is 0.844. The van der Waals surface area contributed by atoms with Crippen molar-refractivity contribution in [2.45, 2.75) is 45.8 Å². The van der Waals surface area contributed by atoms with Gasteiger partial charge in [-0.2, -0.15) is 0 Å². The zero-order valence-electron chi connectivity index (χ0n) is 14.7. The number of aryl methyl sites for hydroxylation is 2. The van der Waals surface area contributed by atoms with E-state index in [9.17, 15) is 13.2 Å². The Kier molecular flexibility index (Phi) is 5.87. The van der Waals surface area contributed by atoms with Crippen LogP contribution in [0.4, 0.5) is 5.69 Å². The molecule has 2 rings (SSSR count). The molecule has 1 N–H and O–H groups in total. The summed E-state index contributed by atoms with van der Waals surface area (Å²) in [6.07, 6.45) is 3.05. The van der Waals surface area contributed by atoms with Crippen molar-refractivity contribution in [3.63, 3.8) is 0 Å². The minimum absolute atomic E-state index is 0.0223. The van der Waals surface area contributed by atoms with Gasteiger partial charge in [0.25, 0.3) is 0 Å². The van der Waals surface area contributed by atoms with Gasteiger partial charge in [-0.05, 0) is 56.9 Å². The Labute approximate surface area is 144 Å². The molecular weight excluding hydrogens is 328 g/mol. The summed E-state index contributed by atoms with van der Waals surface area (Å²) in [5.41, 5.74) is 2.41. The highest BCUT2D eigenvalue weighted by molar-refractivity contribution is 7.92. The number of nitrogens with one attached hydrogen (secondary N) is 1. The van der Waals surface area contributed by atoms with Gasteiger partial charge in [0.1, 0.15) is 6.04 Å². The zero-order valence-corrected chi connectivity index (χ0v) is 15.5. The monoisotopic (exact) mass is 354 g/mol. The SMILES string of the molecule is Cc1cc(C)cc(N(C(C)C(=O)NCC2CCCO2)S(C)(=O)=O)c1. The Morgan fingerprint density at radius 1 is 1.33 bits per heavy atom. The molecule has 134 valence electrons. The first-order valence-corrected chi connectivity index (χ1v) is 10.0. The molecule has 24 heavy (non-hydrogen) atoms. The molecule has 1 heterocycles. The number of sulfonamides is 1. The molecule has 1 aromatic carbocycles. The number of carbonyl (C=O) groups excluding carboxylic acids is 1. The highest BCUT2D eigenvalue weighted by atomic mass is 32.2. The fourth-order valence-corrected chi connectivity index (χ4v) is 4.21.